The van der Waals surface area contributed by atoms with Crippen molar-refractivity contribution in [2.24, 2.45) is 0 Å². The monoisotopic (exact) mass is 379 g/mol. The lowest BCUT2D eigenvalue weighted by molar-refractivity contribution is 0.102. The van der Waals surface area contributed by atoms with Gasteiger partial charge in [-0.1, -0.05) is 22.0 Å². The molecule has 0 unspecified atom stereocenters. The van der Waals surface area contributed by atoms with E-state index in [4.69, 9.17) is 14.2 Å². The van der Waals surface area contributed by atoms with Gasteiger partial charge in [0.25, 0.3) is 5.91 Å². The smallest absolute Gasteiger partial charge is 0.259 e. The Kier molecular flexibility index (Phi) is 6.43. The molecule has 1 N–H and O–H groups in total. The first-order valence-electron chi connectivity index (χ1n) is 7.00. The second kappa shape index (κ2) is 8.55. The Morgan fingerprint density at radius 3 is 2.70 bits per heavy atom. The highest BCUT2D eigenvalue weighted by Gasteiger charge is 2.13. The zero-order chi connectivity index (χ0) is 16.7. The van der Waals surface area contributed by atoms with Gasteiger partial charge in [-0.3, -0.25) is 4.79 Å². The predicted molar refractivity (Wildman–Crippen MR) is 92.5 cm³/mol. The molecule has 23 heavy (non-hydrogen) atoms. The molecule has 0 atom stereocenters. The molecule has 2 rings (SSSR count). The van der Waals surface area contributed by atoms with Crippen molar-refractivity contribution in [1.82, 2.24) is 0 Å². The molecule has 2 aromatic rings. The number of benzene rings is 2. The van der Waals surface area contributed by atoms with Crippen molar-refractivity contribution in [3.63, 3.8) is 0 Å². The van der Waals surface area contributed by atoms with Crippen molar-refractivity contribution in [1.29, 1.82) is 0 Å². The molecule has 2 aromatic carbocycles. The molecule has 0 aromatic heterocycles. The maximum atomic E-state index is 12.4. The normalized spacial score (nSPS) is 10.2. The maximum Gasteiger partial charge on any atom is 0.259 e. The van der Waals surface area contributed by atoms with Gasteiger partial charge >= 0.3 is 0 Å². The number of rotatable bonds is 7. The fourth-order valence-corrected chi connectivity index (χ4v) is 2.32. The van der Waals surface area contributed by atoms with Gasteiger partial charge in [0.1, 0.15) is 18.1 Å². The van der Waals surface area contributed by atoms with Crippen LogP contribution in [0.15, 0.2) is 46.9 Å². The second-order valence-electron chi connectivity index (χ2n) is 4.67. The van der Waals surface area contributed by atoms with Gasteiger partial charge in [-0.2, -0.15) is 0 Å². The molecule has 1 amide bonds. The molecule has 5 nitrogen and oxygen atoms in total. The van der Waals surface area contributed by atoms with Crippen molar-refractivity contribution in [3.05, 3.63) is 52.5 Å². The number of anilines is 1. The van der Waals surface area contributed by atoms with Crippen LogP contribution in [0, 0.1) is 0 Å². The number of methoxy groups -OCH3 is 2. The highest BCUT2D eigenvalue weighted by molar-refractivity contribution is 9.10. The first-order chi connectivity index (χ1) is 11.1. The van der Waals surface area contributed by atoms with Crippen LogP contribution in [0.3, 0.4) is 0 Å². The Hall–Kier alpha value is -2.05. The summed E-state index contributed by atoms with van der Waals surface area (Å²) >= 11 is 3.36. The summed E-state index contributed by atoms with van der Waals surface area (Å²) in [6.45, 7) is 0.958. The third kappa shape index (κ3) is 4.97. The minimum Gasteiger partial charge on any atom is -0.496 e. The number of hydrogen-bond acceptors (Lipinski definition) is 4. The average molecular weight is 380 g/mol. The number of nitrogens with one attached hydrogen (secondary N) is 1. The van der Waals surface area contributed by atoms with E-state index in [1.165, 1.54) is 7.11 Å². The van der Waals surface area contributed by atoms with Crippen LogP contribution in [-0.4, -0.2) is 33.3 Å². The summed E-state index contributed by atoms with van der Waals surface area (Å²) in [5, 5.41) is 2.84. The molecule has 0 fully saturated rings. The quantitative estimate of drug-likeness (QED) is 0.744. The second-order valence-corrected chi connectivity index (χ2v) is 5.58. The molecule has 0 saturated heterocycles. The van der Waals surface area contributed by atoms with Crippen molar-refractivity contribution in [3.8, 4) is 11.5 Å². The molecule has 122 valence electrons. The van der Waals surface area contributed by atoms with Gasteiger partial charge in [0.05, 0.1) is 19.3 Å². The van der Waals surface area contributed by atoms with Gasteiger partial charge in [0.15, 0.2) is 0 Å². The Bertz CT molecular complexity index is 675. The van der Waals surface area contributed by atoms with Crippen molar-refractivity contribution < 1.29 is 19.0 Å². The van der Waals surface area contributed by atoms with Gasteiger partial charge in [-0.05, 0) is 30.3 Å². The van der Waals surface area contributed by atoms with Gasteiger partial charge in [-0.15, -0.1) is 0 Å². The SMILES string of the molecule is COCCOc1cccc(NC(=O)c2cc(Br)ccc2OC)c1. The van der Waals surface area contributed by atoms with E-state index in [1.807, 2.05) is 18.2 Å². The van der Waals surface area contributed by atoms with Crippen LogP contribution < -0.4 is 14.8 Å². The molecule has 0 bridgehead atoms. The molecular formula is C17H18BrNO4. The third-order valence-corrected chi connectivity index (χ3v) is 3.55. The lowest BCUT2D eigenvalue weighted by Gasteiger charge is -2.11. The summed E-state index contributed by atoms with van der Waals surface area (Å²) in [7, 11) is 3.15. The Balaban J connectivity index is 2.11. The first-order valence-corrected chi connectivity index (χ1v) is 7.80. The van der Waals surface area contributed by atoms with E-state index >= 15 is 0 Å². The third-order valence-electron chi connectivity index (χ3n) is 3.05. The van der Waals surface area contributed by atoms with E-state index in [0.717, 1.165) is 4.47 Å². The Labute approximate surface area is 143 Å². The summed E-state index contributed by atoms with van der Waals surface area (Å²) in [6.07, 6.45) is 0. The largest absolute Gasteiger partial charge is 0.496 e. The topological polar surface area (TPSA) is 56.8 Å². The van der Waals surface area contributed by atoms with E-state index in [2.05, 4.69) is 21.2 Å². The number of carbonyl (C=O) groups is 1. The fourth-order valence-electron chi connectivity index (χ4n) is 1.96. The number of carbonyl (C=O) groups excluding carboxylic acids is 1. The van der Waals surface area contributed by atoms with Crippen LogP contribution in [0.5, 0.6) is 11.5 Å². The zero-order valence-corrected chi connectivity index (χ0v) is 14.6. The average Bonchev–Trinajstić information content (AvgIpc) is 2.55. The number of amides is 1. The highest BCUT2D eigenvalue weighted by atomic mass is 79.9. The van der Waals surface area contributed by atoms with Crippen LogP contribution in [0.25, 0.3) is 0 Å². The van der Waals surface area contributed by atoms with Gasteiger partial charge in [-0.25, -0.2) is 0 Å². The predicted octanol–water partition coefficient (Wildman–Crippen LogP) is 3.74. The maximum absolute atomic E-state index is 12.4. The molecule has 6 heteroatoms. The fraction of sp³-hybridized carbons (Fsp3) is 0.235. The van der Waals surface area contributed by atoms with Gasteiger partial charge in [0.2, 0.25) is 0 Å². The van der Waals surface area contributed by atoms with Gasteiger partial charge in [0, 0.05) is 23.3 Å². The number of halogens is 1. The van der Waals surface area contributed by atoms with E-state index in [1.54, 1.807) is 31.4 Å². The summed E-state index contributed by atoms with van der Waals surface area (Å²) < 4.78 is 16.5. The van der Waals surface area contributed by atoms with E-state index in [9.17, 15) is 4.79 Å². The lowest BCUT2D eigenvalue weighted by atomic mass is 10.2. The van der Waals surface area contributed by atoms with Crippen LogP contribution in [-0.2, 0) is 4.74 Å². The Morgan fingerprint density at radius 2 is 1.96 bits per heavy atom. The van der Waals surface area contributed by atoms with Crippen LogP contribution >= 0.6 is 15.9 Å². The zero-order valence-electron chi connectivity index (χ0n) is 13.0. The number of ether oxygens (including phenoxy) is 3. The molecule has 0 saturated carbocycles. The van der Waals surface area contributed by atoms with Crippen LogP contribution in [0.1, 0.15) is 10.4 Å². The first kappa shape index (κ1) is 17.3. The molecule has 0 aliphatic heterocycles. The van der Waals surface area contributed by atoms with Crippen LogP contribution in [0.4, 0.5) is 5.69 Å². The molecule has 0 heterocycles. The molecule has 0 spiro atoms. The van der Waals surface area contributed by atoms with E-state index in [0.29, 0.717) is 36.0 Å². The number of hydrogen-bond donors (Lipinski definition) is 1. The van der Waals surface area contributed by atoms with Crippen LogP contribution in [0.2, 0.25) is 0 Å². The van der Waals surface area contributed by atoms with Crippen molar-refractivity contribution in [2.45, 2.75) is 0 Å². The molecule has 0 aliphatic carbocycles. The lowest BCUT2D eigenvalue weighted by Crippen LogP contribution is -2.13. The van der Waals surface area contributed by atoms with E-state index in [-0.39, 0.29) is 5.91 Å². The van der Waals surface area contributed by atoms with Crippen molar-refractivity contribution >= 4 is 27.5 Å². The van der Waals surface area contributed by atoms with Crippen molar-refractivity contribution in [2.75, 3.05) is 32.8 Å². The molecule has 0 aliphatic rings. The summed E-state index contributed by atoms with van der Waals surface area (Å²) in [5.74, 6) is 0.927. The summed E-state index contributed by atoms with van der Waals surface area (Å²) in [4.78, 5) is 12.4. The standard InChI is InChI=1S/C17H18BrNO4/c1-21-8-9-23-14-5-3-4-13(11-14)19-17(20)15-10-12(18)6-7-16(15)22-2/h3-7,10-11H,8-9H2,1-2H3,(H,19,20). The minimum absolute atomic E-state index is 0.253. The molecule has 0 radical (unpaired) electrons. The summed E-state index contributed by atoms with van der Waals surface area (Å²) in [5.41, 5.74) is 1.10. The summed E-state index contributed by atoms with van der Waals surface area (Å²) in [6, 6.07) is 12.5. The Morgan fingerprint density at radius 1 is 1.13 bits per heavy atom. The van der Waals surface area contributed by atoms with E-state index < -0.39 is 0 Å². The molecular weight excluding hydrogens is 362 g/mol. The highest BCUT2D eigenvalue weighted by Crippen LogP contribution is 2.25. The van der Waals surface area contributed by atoms with Gasteiger partial charge < -0.3 is 19.5 Å². The minimum atomic E-state index is -0.253.